The molecule has 1 aromatic rings. The average Bonchev–Trinajstić information content (AvgIpc) is 2.73. The summed E-state index contributed by atoms with van der Waals surface area (Å²) in [5, 5.41) is 3.76. The number of sulfone groups is 1. The third kappa shape index (κ3) is 4.88. The predicted octanol–water partition coefficient (Wildman–Crippen LogP) is -0.460. The Hall–Kier alpha value is -0.990. The highest BCUT2D eigenvalue weighted by molar-refractivity contribution is 7.90. The fourth-order valence-corrected chi connectivity index (χ4v) is 2.65. The van der Waals surface area contributed by atoms with Crippen LogP contribution in [0.2, 0.25) is 0 Å². The standard InChI is InChI=1S/C11H20N4O3S/c1-10-12-11(18-13-10)9-15-5-3-14(4-6-15)7-8-19(2,16)17/h3-9H2,1-2H3. The first kappa shape index (κ1) is 14.4. The summed E-state index contributed by atoms with van der Waals surface area (Å²) < 4.78 is 27.3. The molecule has 0 radical (unpaired) electrons. The number of nitrogens with zero attached hydrogens (tertiary/aromatic N) is 4. The zero-order chi connectivity index (χ0) is 13.9. The van der Waals surface area contributed by atoms with Crippen LogP contribution in [-0.4, -0.2) is 73.1 Å². The van der Waals surface area contributed by atoms with Gasteiger partial charge in [-0.1, -0.05) is 5.16 Å². The molecule has 0 aliphatic carbocycles. The first-order valence-corrected chi connectivity index (χ1v) is 8.40. The van der Waals surface area contributed by atoms with Gasteiger partial charge in [0, 0.05) is 39.0 Å². The van der Waals surface area contributed by atoms with Crippen LogP contribution in [0, 0.1) is 6.92 Å². The highest BCUT2D eigenvalue weighted by Gasteiger charge is 2.19. The first-order valence-electron chi connectivity index (χ1n) is 6.34. The van der Waals surface area contributed by atoms with Crippen LogP contribution in [0.5, 0.6) is 0 Å². The molecule has 0 amide bonds. The molecular formula is C11H20N4O3S. The Bertz CT molecular complexity index is 506. The van der Waals surface area contributed by atoms with Crippen molar-refractivity contribution in [1.82, 2.24) is 19.9 Å². The topological polar surface area (TPSA) is 79.5 Å². The van der Waals surface area contributed by atoms with Crippen molar-refractivity contribution in [3.05, 3.63) is 11.7 Å². The van der Waals surface area contributed by atoms with Gasteiger partial charge in [-0.3, -0.25) is 9.80 Å². The van der Waals surface area contributed by atoms with Crippen LogP contribution in [0.25, 0.3) is 0 Å². The van der Waals surface area contributed by atoms with Crippen molar-refractivity contribution < 1.29 is 12.9 Å². The Morgan fingerprint density at radius 3 is 2.37 bits per heavy atom. The molecule has 0 bridgehead atoms. The second-order valence-electron chi connectivity index (χ2n) is 4.98. The van der Waals surface area contributed by atoms with Gasteiger partial charge in [-0.05, 0) is 6.92 Å². The zero-order valence-electron chi connectivity index (χ0n) is 11.4. The monoisotopic (exact) mass is 288 g/mol. The molecule has 1 fully saturated rings. The van der Waals surface area contributed by atoms with Gasteiger partial charge in [-0.25, -0.2) is 8.42 Å². The van der Waals surface area contributed by atoms with Gasteiger partial charge in [-0.15, -0.1) is 0 Å². The summed E-state index contributed by atoms with van der Waals surface area (Å²) in [5.41, 5.74) is 0. The van der Waals surface area contributed by atoms with Gasteiger partial charge < -0.3 is 4.52 Å². The van der Waals surface area contributed by atoms with Gasteiger partial charge in [0.25, 0.3) is 0 Å². The van der Waals surface area contributed by atoms with Gasteiger partial charge in [0.2, 0.25) is 5.89 Å². The molecule has 1 aliphatic rings. The minimum Gasteiger partial charge on any atom is -0.338 e. The summed E-state index contributed by atoms with van der Waals surface area (Å²) in [4.78, 5) is 8.60. The summed E-state index contributed by atoms with van der Waals surface area (Å²) in [5.74, 6) is 1.53. The van der Waals surface area contributed by atoms with Crippen LogP contribution < -0.4 is 0 Å². The average molecular weight is 288 g/mol. The smallest absolute Gasteiger partial charge is 0.240 e. The third-order valence-electron chi connectivity index (χ3n) is 3.17. The summed E-state index contributed by atoms with van der Waals surface area (Å²) >= 11 is 0. The fraction of sp³-hybridized carbons (Fsp3) is 0.818. The molecule has 2 heterocycles. The molecule has 0 unspecified atom stereocenters. The van der Waals surface area contributed by atoms with Crippen molar-refractivity contribution in [2.24, 2.45) is 0 Å². The van der Waals surface area contributed by atoms with Crippen molar-refractivity contribution >= 4 is 9.84 Å². The first-order chi connectivity index (χ1) is 8.92. The van der Waals surface area contributed by atoms with Crippen LogP contribution in [-0.2, 0) is 16.4 Å². The van der Waals surface area contributed by atoms with Crippen LogP contribution in [0.4, 0.5) is 0 Å². The Morgan fingerprint density at radius 2 is 1.84 bits per heavy atom. The quantitative estimate of drug-likeness (QED) is 0.725. The number of hydrogen-bond donors (Lipinski definition) is 0. The van der Waals surface area contributed by atoms with Crippen molar-refractivity contribution in [2.75, 3.05) is 44.7 Å². The molecule has 0 atom stereocenters. The van der Waals surface area contributed by atoms with E-state index < -0.39 is 9.84 Å². The lowest BCUT2D eigenvalue weighted by Gasteiger charge is -2.33. The fourth-order valence-electron chi connectivity index (χ4n) is 2.06. The molecular weight excluding hydrogens is 268 g/mol. The maximum atomic E-state index is 11.1. The van der Waals surface area contributed by atoms with Crippen molar-refractivity contribution in [3.8, 4) is 0 Å². The van der Waals surface area contributed by atoms with E-state index in [4.69, 9.17) is 4.52 Å². The number of rotatable bonds is 5. The second kappa shape index (κ2) is 5.98. The predicted molar refractivity (Wildman–Crippen MR) is 70.5 cm³/mol. The number of aryl methyl sites for hydroxylation is 1. The zero-order valence-corrected chi connectivity index (χ0v) is 12.2. The SMILES string of the molecule is Cc1noc(CN2CCN(CCS(C)(=O)=O)CC2)n1. The molecule has 1 saturated heterocycles. The molecule has 19 heavy (non-hydrogen) atoms. The molecule has 0 N–H and O–H groups in total. The van der Waals surface area contributed by atoms with Crippen LogP contribution in [0.15, 0.2) is 4.52 Å². The van der Waals surface area contributed by atoms with Gasteiger partial charge in [-0.2, -0.15) is 4.98 Å². The minimum absolute atomic E-state index is 0.232. The molecule has 2 rings (SSSR count). The van der Waals surface area contributed by atoms with Crippen LogP contribution in [0.1, 0.15) is 11.7 Å². The van der Waals surface area contributed by atoms with Crippen molar-refractivity contribution in [3.63, 3.8) is 0 Å². The second-order valence-corrected chi connectivity index (χ2v) is 7.24. The van der Waals surface area contributed by atoms with E-state index in [0.29, 0.717) is 24.8 Å². The van der Waals surface area contributed by atoms with E-state index >= 15 is 0 Å². The maximum absolute atomic E-state index is 11.1. The van der Waals surface area contributed by atoms with Crippen LogP contribution in [0.3, 0.4) is 0 Å². The molecule has 0 saturated carbocycles. The molecule has 108 valence electrons. The minimum atomic E-state index is -2.87. The van der Waals surface area contributed by atoms with E-state index in [2.05, 4.69) is 19.9 Å². The summed E-state index contributed by atoms with van der Waals surface area (Å²) in [7, 11) is -2.87. The molecule has 0 spiro atoms. The molecule has 1 aromatic heterocycles. The van der Waals surface area contributed by atoms with Gasteiger partial charge in [0.15, 0.2) is 5.82 Å². The Kier molecular flexibility index (Phi) is 4.54. The highest BCUT2D eigenvalue weighted by atomic mass is 32.2. The van der Waals surface area contributed by atoms with E-state index in [0.717, 1.165) is 26.2 Å². The molecule has 8 heteroatoms. The summed E-state index contributed by atoms with van der Waals surface area (Å²) in [6.07, 6.45) is 1.28. The maximum Gasteiger partial charge on any atom is 0.240 e. The lowest BCUT2D eigenvalue weighted by atomic mass is 10.3. The molecule has 7 nitrogen and oxygen atoms in total. The Labute approximate surface area is 113 Å². The van der Waals surface area contributed by atoms with Crippen LogP contribution >= 0.6 is 0 Å². The van der Waals surface area contributed by atoms with E-state index in [-0.39, 0.29) is 5.75 Å². The summed E-state index contributed by atoms with van der Waals surface area (Å²) in [6.45, 7) is 6.63. The van der Waals surface area contributed by atoms with Gasteiger partial charge in [0.1, 0.15) is 9.84 Å². The largest absolute Gasteiger partial charge is 0.338 e. The molecule has 1 aliphatic heterocycles. The number of hydrogen-bond acceptors (Lipinski definition) is 7. The highest BCUT2D eigenvalue weighted by Crippen LogP contribution is 2.07. The summed E-state index contributed by atoms with van der Waals surface area (Å²) in [6, 6.07) is 0. The lowest BCUT2D eigenvalue weighted by Crippen LogP contribution is -2.47. The van der Waals surface area contributed by atoms with Crippen molar-refractivity contribution in [2.45, 2.75) is 13.5 Å². The third-order valence-corrected chi connectivity index (χ3v) is 4.10. The van der Waals surface area contributed by atoms with E-state index in [1.807, 2.05) is 0 Å². The number of piperazine rings is 1. The Balaban J connectivity index is 1.73. The molecule has 0 aromatic carbocycles. The van der Waals surface area contributed by atoms with Gasteiger partial charge in [0.05, 0.1) is 12.3 Å². The normalized spacial score (nSPS) is 18.8. The Morgan fingerprint density at radius 1 is 1.21 bits per heavy atom. The lowest BCUT2D eigenvalue weighted by molar-refractivity contribution is 0.121. The van der Waals surface area contributed by atoms with E-state index in [1.54, 1.807) is 6.92 Å². The van der Waals surface area contributed by atoms with E-state index in [9.17, 15) is 8.42 Å². The van der Waals surface area contributed by atoms with Crippen molar-refractivity contribution in [1.29, 1.82) is 0 Å². The number of aromatic nitrogens is 2. The van der Waals surface area contributed by atoms with Gasteiger partial charge >= 0.3 is 0 Å². The van der Waals surface area contributed by atoms with E-state index in [1.165, 1.54) is 6.26 Å².